The molecule has 0 fully saturated rings. The van der Waals surface area contributed by atoms with Crippen molar-refractivity contribution in [2.45, 2.75) is 32.8 Å². The number of para-hydroxylation sites is 1. The molecule has 0 bridgehead atoms. The van der Waals surface area contributed by atoms with Crippen molar-refractivity contribution in [1.82, 2.24) is 4.98 Å². The summed E-state index contributed by atoms with van der Waals surface area (Å²) >= 11 is 4.98. The third kappa shape index (κ3) is 5.14. The highest BCUT2D eigenvalue weighted by atomic mass is 79.9. The average Bonchev–Trinajstić information content (AvgIpc) is 3.05. The molecule has 140 valence electrons. The number of hydrogen-bond acceptors (Lipinski definition) is 5. The molecule has 1 unspecified atom stereocenters. The van der Waals surface area contributed by atoms with Gasteiger partial charge in [0, 0.05) is 10.9 Å². The molecule has 27 heavy (non-hydrogen) atoms. The van der Waals surface area contributed by atoms with Crippen molar-refractivity contribution in [3.63, 3.8) is 0 Å². The lowest BCUT2D eigenvalue weighted by Crippen LogP contribution is -2.30. The first-order valence-corrected chi connectivity index (χ1v) is 10.1. The smallest absolute Gasteiger partial charge is 0.306 e. The van der Waals surface area contributed by atoms with Gasteiger partial charge in [0.05, 0.1) is 27.3 Å². The van der Waals surface area contributed by atoms with E-state index in [2.05, 4.69) is 26.2 Å². The Morgan fingerprint density at radius 2 is 2.04 bits per heavy atom. The summed E-state index contributed by atoms with van der Waals surface area (Å²) in [5.74, 6) is -0.784. The summed E-state index contributed by atoms with van der Waals surface area (Å²) in [5.41, 5.74) is 2.65. The summed E-state index contributed by atoms with van der Waals surface area (Å²) in [6.07, 6.45) is -0.192. The van der Waals surface area contributed by atoms with E-state index in [4.69, 9.17) is 4.74 Å². The van der Waals surface area contributed by atoms with E-state index in [-0.39, 0.29) is 12.3 Å². The highest BCUT2D eigenvalue weighted by Crippen LogP contribution is 2.24. The molecular formula is C20H19BrN2O3S. The van der Waals surface area contributed by atoms with Gasteiger partial charge in [-0.05, 0) is 59.6 Å². The van der Waals surface area contributed by atoms with Gasteiger partial charge in [0.1, 0.15) is 0 Å². The van der Waals surface area contributed by atoms with E-state index in [1.54, 1.807) is 24.3 Å². The Kier molecular flexibility index (Phi) is 6.23. The van der Waals surface area contributed by atoms with Crippen molar-refractivity contribution < 1.29 is 14.3 Å². The largest absolute Gasteiger partial charge is 0.453 e. The van der Waals surface area contributed by atoms with Crippen LogP contribution in [0.2, 0.25) is 0 Å². The van der Waals surface area contributed by atoms with E-state index < -0.39 is 12.1 Å². The maximum Gasteiger partial charge on any atom is 0.306 e. The molecular weight excluding hydrogens is 428 g/mol. The van der Waals surface area contributed by atoms with E-state index in [0.717, 1.165) is 25.3 Å². The van der Waals surface area contributed by atoms with Crippen LogP contribution in [0.1, 0.15) is 23.9 Å². The van der Waals surface area contributed by atoms with Crippen LogP contribution in [0.15, 0.2) is 46.9 Å². The quantitative estimate of drug-likeness (QED) is 0.548. The molecule has 0 radical (unpaired) electrons. The number of anilines is 1. The van der Waals surface area contributed by atoms with E-state index in [0.29, 0.717) is 12.1 Å². The van der Waals surface area contributed by atoms with Crippen LogP contribution in [0.25, 0.3) is 10.2 Å². The van der Waals surface area contributed by atoms with Gasteiger partial charge in [0.15, 0.2) is 6.10 Å². The molecule has 2 aromatic carbocycles. The molecule has 5 nitrogen and oxygen atoms in total. The van der Waals surface area contributed by atoms with E-state index >= 15 is 0 Å². The topological polar surface area (TPSA) is 68.3 Å². The first kappa shape index (κ1) is 19.5. The predicted molar refractivity (Wildman–Crippen MR) is 111 cm³/mol. The summed E-state index contributed by atoms with van der Waals surface area (Å²) in [4.78, 5) is 28.8. The molecule has 0 aliphatic carbocycles. The van der Waals surface area contributed by atoms with Gasteiger partial charge >= 0.3 is 5.97 Å². The van der Waals surface area contributed by atoms with Crippen molar-refractivity contribution in [2.24, 2.45) is 0 Å². The minimum absolute atomic E-state index is 0.186. The van der Waals surface area contributed by atoms with Crippen molar-refractivity contribution in [1.29, 1.82) is 0 Å². The fourth-order valence-electron chi connectivity index (χ4n) is 2.50. The van der Waals surface area contributed by atoms with Crippen LogP contribution in [-0.2, 0) is 20.7 Å². The number of ether oxygens (including phenoxy) is 1. The van der Waals surface area contributed by atoms with Gasteiger partial charge < -0.3 is 10.1 Å². The summed E-state index contributed by atoms with van der Waals surface area (Å²) in [7, 11) is 0. The minimum atomic E-state index is -0.874. The number of thiazole rings is 1. The second-order valence-corrected chi connectivity index (χ2v) is 8.15. The van der Waals surface area contributed by atoms with Crippen LogP contribution in [0.4, 0.5) is 5.69 Å². The number of aryl methyl sites for hydroxylation is 2. The number of halogens is 1. The van der Waals surface area contributed by atoms with Crippen molar-refractivity contribution in [2.75, 3.05) is 5.32 Å². The summed E-state index contributed by atoms with van der Waals surface area (Å²) < 4.78 is 7.13. The molecule has 0 aliphatic heterocycles. The minimum Gasteiger partial charge on any atom is -0.453 e. The molecule has 1 amide bonds. The monoisotopic (exact) mass is 446 g/mol. The number of nitrogens with zero attached hydrogens (tertiary/aromatic N) is 1. The van der Waals surface area contributed by atoms with Gasteiger partial charge in [-0.15, -0.1) is 11.3 Å². The third-order valence-electron chi connectivity index (χ3n) is 3.94. The third-order valence-corrected chi connectivity index (χ3v) is 5.69. The lowest BCUT2D eigenvalue weighted by Gasteiger charge is -2.14. The summed E-state index contributed by atoms with van der Waals surface area (Å²) in [6, 6.07) is 13.5. The van der Waals surface area contributed by atoms with Crippen LogP contribution in [0.3, 0.4) is 0 Å². The van der Waals surface area contributed by atoms with Crippen LogP contribution >= 0.6 is 27.3 Å². The summed E-state index contributed by atoms with van der Waals surface area (Å²) in [5, 5.41) is 3.64. The Labute approximate surface area is 169 Å². The SMILES string of the molecule is Cc1ccc(NC(=O)C(C)OC(=O)CCc2nc3ccccc3s2)c(Br)c1. The van der Waals surface area contributed by atoms with Crippen molar-refractivity contribution in [3.05, 3.63) is 57.5 Å². The van der Waals surface area contributed by atoms with Gasteiger partial charge in [-0.1, -0.05) is 18.2 Å². The van der Waals surface area contributed by atoms with Crippen molar-refractivity contribution in [3.8, 4) is 0 Å². The van der Waals surface area contributed by atoms with Crippen molar-refractivity contribution >= 4 is 55.0 Å². The number of aromatic nitrogens is 1. The Balaban J connectivity index is 1.51. The average molecular weight is 447 g/mol. The number of fused-ring (bicyclic) bond motifs is 1. The molecule has 3 rings (SSSR count). The Morgan fingerprint density at radius 1 is 1.26 bits per heavy atom. The highest BCUT2D eigenvalue weighted by Gasteiger charge is 2.19. The number of nitrogens with one attached hydrogen (secondary N) is 1. The lowest BCUT2D eigenvalue weighted by molar-refractivity contribution is -0.153. The molecule has 1 heterocycles. The number of esters is 1. The molecule has 1 N–H and O–H groups in total. The maximum atomic E-state index is 12.3. The molecule has 1 atom stereocenters. The number of carbonyl (C=O) groups is 2. The molecule has 3 aromatic rings. The van der Waals surface area contributed by atoms with Gasteiger partial charge in [-0.3, -0.25) is 9.59 Å². The van der Waals surface area contributed by atoms with Gasteiger partial charge in [0.2, 0.25) is 0 Å². The molecule has 0 saturated heterocycles. The number of carbonyl (C=O) groups excluding carboxylic acids is 2. The molecule has 1 aromatic heterocycles. The number of benzene rings is 2. The number of rotatable bonds is 6. The second kappa shape index (κ2) is 8.63. The van der Waals surface area contributed by atoms with Crippen LogP contribution in [0, 0.1) is 6.92 Å². The van der Waals surface area contributed by atoms with Crippen LogP contribution < -0.4 is 5.32 Å². The fraction of sp³-hybridized carbons (Fsp3) is 0.250. The zero-order valence-electron chi connectivity index (χ0n) is 15.0. The Hall–Kier alpha value is -2.25. The first-order valence-electron chi connectivity index (χ1n) is 8.53. The molecule has 0 aliphatic rings. The Morgan fingerprint density at radius 3 is 2.78 bits per heavy atom. The number of hydrogen-bond donors (Lipinski definition) is 1. The standard InChI is InChI=1S/C20H19BrN2O3S/c1-12-7-8-15(14(21)11-12)23-20(25)13(2)26-19(24)10-9-18-22-16-5-3-4-6-17(16)27-18/h3-8,11,13H,9-10H2,1-2H3,(H,23,25). The fourth-order valence-corrected chi connectivity index (χ4v) is 4.06. The van der Waals surface area contributed by atoms with E-state index in [1.165, 1.54) is 0 Å². The zero-order valence-corrected chi connectivity index (χ0v) is 17.4. The molecule has 0 saturated carbocycles. The highest BCUT2D eigenvalue weighted by molar-refractivity contribution is 9.10. The van der Waals surface area contributed by atoms with E-state index in [9.17, 15) is 9.59 Å². The maximum absolute atomic E-state index is 12.3. The second-order valence-electron chi connectivity index (χ2n) is 6.18. The van der Waals surface area contributed by atoms with E-state index in [1.807, 2.05) is 43.3 Å². The lowest BCUT2D eigenvalue weighted by atomic mass is 10.2. The number of amides is 1. The Bertz CT molecular complexity index is 953. The summed E-state index contributed by atoms with van der Waals surface area (Å²) in [6.45, 7) is 3.53. The normalized spacial score (nSPS) is 12.0. The molecule has 7 heteroatoms. The van der Waals surface area contributed by atoms with Crippen LogP contribution in [-0.4, -0.2) is 23.0 Å². The zero-order chi connectivity index (χ0) is 19.4. The van der Waals surface area contributed by atoms with Gasteiger partial charge in [0.25, 0.3) is 5.91 Å². The first-order chi connectivity index (χ1) is 12.9. The van der Waals surface area contributed by atoms with Gasteiger partial charge in [-0.2, -0.15) is 0 Å². The molecule has 0 spiro atoms. The predicted octanol–water partition coefficient (Wildman–Crippen LogP) is 4.87. The van der Waals surface area contributed by atoms with Crippen LogP contribution in [0.5, 0.6) is 0 Å². The van der Waals surface area contributed by atoms with Gasteiger partial charge in [-0.25, -0.2) is 4.98 Å².